The van der Waals surface area contributed by atoms with Crippen molar-refractivity contribution in [3.05, 3.63) is 35.4 Å². The Kier molecular flexibility index (Phi) is 1.28. The molecule has 1 heterocycles. The van der Waals surface area contributed by atoms with Crippen LogP contribution in [0.15, 0.2) is 24.3 Å². The first-order valence-corrected chi connectivity index (χ1v) is 3.43. The Labute approximate surface area is 62.1 Å². The molecule has 1 aliphatic rings. The van der Waals surface area contributed by atoms with Crippen LogP contribution in [0.1, 0.15) is 11.1 Å². The van der Waals surface area contributed by atoms with E-state index in [-0.39, 0.29) is 0 Å². The van der Waals surface area contributed by atoms with Crippen LogP contribution in [0.4, 0.5) is 0 Å². The molecule has 0 unspecified atom stereocenters. The molecule has 0 amide bonds. The summed E-state index contributed by atoms with van der Waals surface area (Å²) in [7, 11) is 5.62. The number of fused-ring (bicyclic) bond motifs is 1. The van der Waals surface area contributed by atoms with Crippen LogP contribution in [-0.2, 0) is 13.1 Å². The highest BCUT2D eigenvalue weighted by molar-refractivity contribution is 6.04. The van der Waals surface area contributed by atoms with Gasteiger partial charge in [-0.05, 0) is 11.1 Å². The molecule has 1 aromatic carbocycles. The standard InChI is InChI=1S/C8H8BN/c9-10-5-7-3-1-2-4-8(7)6-10/h1-4H,5-6H2. The van der Waals surface area contributed by atoms with E-state index in [4.69, 9.17) is 7.98 Å². The first-order chi connectivity index (χ1) is 4.86. The van der Waals surface area contributed by atoms with Gasteiger partial charge >= 0.3 is 0 Å². The minimum absolute atomic E-state index is 0.899. The minimum atomic E-state index is 0.899. The van der Waals surface area contributed by atoms with Crippen molar-refractivity contribution in [2.24, 2.45) is 0 Å². The van der Waals surface area contributed by atoms with Crippen molar-refractivity contribution in [2.75, 3.05) is 0 Å². The Morgan fingerprint density at radius 1 is 1.10 bits per heavy atom. The van der Waals surface area contributed by atoms with Crippen LogP contribution in [0.25, 0.3) is 0 Å². The highest BCUT2D eigenvalue weighted by Gasteiger charge is 2.12. The van der Waals surface area contributed by atoms with E-state index in [1.165, 1.54) is 11.1 Å². The van der Waals surface area contributed by atoms with Gasteiger partial charge in [0.05, 0.1) is 0 Å². The molecule has 0 spiro atoms. The second-order valence-corrected chi connectivity index (χ2v) is 2.67. The monoisotopic (exact) mass is 129 g/mol. The third-order valence-corrected chi connectivity index (χ3v) is 1.87. The molecule has 1 aliphatic heterocycles. The molecular formula is C8H8BN. The highest BCUT2D eigenvalue weighted by Crippen LogP contribution is 2.19. The molecular weight excluding hydrogens is 121 g/mol. The molecule has 0 fully saturated rings. The van der Waals surface area contributed by atoms with Gasteiger partial charge in [-0.3, -0.25) is 0 Å². The SMILES string of the molecule is [B]N1Cc2ccccc2C1. The van der Waals surface area contributed by atoms with Gasteiger partial charge in [0.1, 0.15) is 0 Å². The molecule has 0 N–H and O–H groups in total. The lowest BCUT2D eigenvalue weighted by atomic mass is 10.1. The van der Waals surface area contributed by atoms with Gasteiger partial charge < -0.3 is 4.81 Å². The van der Waals surface area contributed by atoms with Crippen molar-refractivity contribution in [3.63, 3.8) is 0 Å². The van der Waals surface area contributed by atoms with Crippen LogP contribution >= 0.6 is 0 Å². The second-order valence-electron chi connectivity index (χ2n) is 2.67. The Bertz CT molecular complexity index is 222. The molecule has 2 radical (unpaired) electrons. The van der Waals surface area contributed by atoms with Gasteiger partial charge in [0.15, 0.2) is 7.98 Å². The Morgan fingerprint density at radius 2 is 1.60 bits per heavy atom. The summed E-state index contributed by atoms with van der Waals surface area (Å²) in [6.07, 6.45) is 0. The van der Waals surface area contributed by atoms with Crippen LogP contribution in [0, 0.1) is 0 Å². The van der Waals surface area contributed by atoms with E-state index in [2.05, 4.69) is 24.3 Å². The lowest BCUT2D eigenvalue weighted by molar-refractivity contribution is 0.488. The third-order valence-electron chi connectivity index (χ3n) is 1.87. The van der Waals surface area contributed by atoms with Gasteiger partial charge in [-0.1, -0.05) is 24.3 Å². The molecule has 48 valence electrons. The van der Waals surface area contributed by atoms with Gasteiger partial charge in [-0.15, -0.1) is 0 Å². The smallest absolute Gasteiger partial charge is 0.183 e. The van der Waals surface area contributed by atoms with Crippen LogP contribution in [0.2, 0.25) is 0 Å². The summed E-state index contributed by atoms with van der Waals surface area (Å²) in [5, 5.41) is 0. The quantitative estimate of drug-likeness (QED) is 0.474. The van der Waals surface area contributed by atoms with Crippen molar-refractivity contribution < 1.29 is 0 Å². The summed E-state index contributed by atoms with van der Waals surface area (Å²) < 4.78 is 0. The second kappa shape index (κ2) is 2.13. The van der Waals surface area contributed by atoms with Gasteiger partial charge in [0.25, 0.3) is 0 Å². The Morgan fingerprint density at radius 3 is 2.10 bits per heavy atom. The summed E-state index contributed by atoms with van der Waals surface area (Å²) in [6, 6.07) is 8.36. The molecule has 0 saturated carbocycles. The van der Waals surface area contributed by atoms with Crippen molar-refractivity contribution in [1.82, 2.24) is 4.81 Å². The predicted octanol–water partition coefficient (Wildman–Crippen LogP) is 1.09. The molecule has 1 nitrogen and oxygen atoms in total. The molecule has 0 aliphatic carbocycles. The third kappa shape index (κ3) is 0.849. The van der Waals surface area contributed by atoms with Gasteiger partial charge in [0, 0.05) is 13.1 Å². The first kappa shape index (κ1) is 5.99. The van der Waals surface area contributed by atoms with E-state index in [0.29, 0.717) is 0 Å². The Hall–Kier alpha value is -0.755. The van der Waals surface area contributed by atoms with Crippen LogP contribution in [-0.4, -0.2) is 12.8 Å². The lowest BCUT2D eigenvalue weighted by Gasteiger charge is -2.03. The van der Waals surface area contributed by atoms with Gasteiger partial charge in [-0.2, -0.15) is 0 Å². The van der Waals surface area contributed by atoms with Crippen molar-refractivity contribution >= 4 is 7.98 Å². The van der Waals surface area contributed by atoms with Crippen molar-refractivity contribution in [3.8, 4) is 0 Å². The molecule has 2 rings (SSSR count). The zero-order chi connectivity index (χ0) is 6.97. The van der Waals surface area contributed by atoms with Gasteiger partial charge in [0.2, 0.25) is 0 Å². The lowest BCUT2D eigenvalue weighted by Crippen LogP contribution is -2.09. The van der Waals surface area contributed by atoms with Gasteiger partial charge in [-0.25, -0.2) is 0 Å². The largest absolute Gasteiger partial charge is 0.346 e. The van der Waals surface area contributed by atoms with E-state index in [0.717, 1.165) is 13.1 Å². The minimum Gasteiger partial charge on any atom is -0.346 e. The number of rotatable bonds is 0. The summed E-state index contributed by atoms with van der Waals surface area (Å²) in [4.78, 5) is 1.82. The summed E-state index contributed by atoms with van der Waals surface area (Å²) >= 11 is 0. The summed E-state index contributed by atoms with van der Waals surface area (Å²) in [5.41, 5.74) is 2.73. The fraction of sp³-hybridized carbons (Fsp3) is 0.250. The number of hydrogen-bond acceptors (Lipinski definition) is 1. The predicted molar refractivity (Wildman–Crippen MR) is 41.4 cm³/mol. The fourth-order valence-corrected chi connectivity index (χ4v) is 1.36. The number of hydrogen-bond donors (Lipinski definition) is 0. The molecule has 0 aromatic heterocycles. The van der Waals surface area contributed by atoms with Crippen LogP contribution < -0.4 is 0 Å². The van der Waals surface area contributed by atoms with E-state index < -0.39 is 0 Å². The van der Waals surface area contributed by atoms with E-state index >= 15 is 0 Å². The van der Waals surface area contributed by atoms with Crippen molar-refractivity contribution in [2.45, 2.75) is 13.1 Å². The van der Waals surface area contributed by atoms with E-state index in [1.54, 1.807) is 0 Å². The molecule has 0 bridgehead atoms. The summed E-state index contributed by atoms with van der Waals surface area (Å²) in [6.45, 7) is 1.80. The maximum absolute atomic E-state index is 5.62. The summed E-state index contributed by atoms with van der Waals surface area (Å²) in [5.74, 6) is 0. The average Bonchev–Trinajstić information content (AvgIpc) is 2.27. The number of benzene rings is 1. The average molecular weight is 129 g/mol. The molecule has 2 heteroatoms. The topological polar surface area (TPSA) is 3.24 Å². The zero-order valence-electron chi connectivity index (χ0n) is 5.75. The molecule has 0 saturated heterocycles. The zero-order valence-corrected chi connectivity index (χ0v) is 5.75. The maximum atomic E-state index is 5.62. The number of nitrogens with zero attached hydrogens (tertiary/aromatic N) is 1. The molecule has 0 atom stereocenters. The fourth-order valence-electron chi connectivity index (χ4n) is 1.36. The molecule has 10 heavy (non-hydrogen) atoms. The highest BCUT2D eigenvalue weighted by atomic mass is 15.0. The van der Waals surface area contributed by atoms with E-state index in [9.17, 15) is 0 Å². The Balaban J connectivity index is 2.42. The maximum Gasteiger partial charge on any atom is 0.183 e. The van der Waals surface area contributed by atoms with Crippen LogP contribution in [0.3, 0.4) is 0 Å². The molecule has 1 aromatic rings. The van der Waals surface area contributed by atoms with E-state index in [1.807, 2.05) is 4.81 Å². The first-order valence-electron chi connectivity index (χ1n) is 3.43. The van der Waals surface area contributed by atoms with Crippen molar-refractivity contribution in [1.29, 1.82) is 0 Å². The van der Waals surface area contributed by atoms with Crippen LogP contribution in [0.5, 0.6) is 0 Å². The normalized spacial score (nSPS) is 17.2.